The highest BCUT2D eigenvalue weighted by molar-refractivity contribution is 5.27. The van der Waals surface area contributed by atoms with Crippen LogP contribution in [0.25, 0.3) is 0 Å². The maximum Gasteiger partial charge on any atom is 0.187 e. The highest BCUT2D eigenvalue weighted by Crippen LogP contribution is 2.71. The topological polar surface area (TPSA) is 434 Å². The minimum Gasteiger partial charge on any atom is -0.394 e. The molecule has 7 saturated heterocycles. The standard InChI is InChI=1S/C56H90O28/c1-20-7-10-56(74-18-20)21(2)34-29(84-56)12-25-23-6-5-22-11-28(26(61)13-55(22,4)24(23)8-9-54(25,34)3)75-50-43(71)40(68)45(33(17-60)79-50)80-53-48(47(38(66)32(16-59)78-53)82-49-41(69)35(63)27(62)19-73-49)83-52-44(72)46(37(65)31(15-58)77-52)81-51-42(70)39(67)36(64)30(14-57)76-51/h5,20-21,23-53,57-72H,6-19H2,1-4H3/t20-,21-,23-,24+,25+,26+,27+,28+,29-,30+,31+,32+,33+,34-,35-,36+,37+,38+,39-,40+,41+,42+,43+,44+,45+,46-,47-,48+,49-,50+,51-,52-,53-,54-,55-,56-/m1/s1. The van der Waals surface area contributed by atoms with Gasteiger partial charge in [0.05, 0.1) is 58.0 Å². The first-order valence-corrected chi connectivity index (χ1v) is 30.0. The highest BCUT2D eigenvalue weighted by atomic mass is 16.8. The van der Waals surface area contributed by atoms with E-state index in [9.17, 15) is 81.7 Å². The molecule has 0 unspecified atom stereocenters. The summed E-state index contributed by atoms with van der Waals surface area (Å²) in [5.74, 6) is 1.72. The molecule has 28 heteroatoms. The molecule has 482 valence electrons. The van der Waals surface area contributed by atoms with Crippen molar-refractivity contribution in [2.45, 2.75) is 251 Å². The Hall–Kier alpha value is -1.38. The van der Waals surface area contributed by atoms with E-state index in [2.05, 4.69) is 33.8 Å². The van der Waals surface area contributed by atoms with Gasteiger partial charge in [-0.25, -0.2) is 0 Å². The first kappa shape index (κ1) is 64.2. The van der Waals surface area contributed by atoms with Crippen molar-refractivity contribution in [3.63, 3.8) is 0 Å². The summed E-state index contributed by atoms with van der Waals surface area (Å²) in [7, 11) is 0. The molecule has 0 aromatic carbocycles. The van der Waals surface area contributed by atoms with Crippen LogP contribution in [0, 0.1) is 46.3 Å². The Labute approximate surface area is 485 Å². The molecule has 11 rings (SSSR count). The van der Waals surface area contributed by atoms with Crippen molar-refractivity contribution in [2.75, 3.05) is 39.6 Å². The molecule has 16 N–H and O–H groups in total. The van der Waals surface area contributed by atoms with Crippen LogP contribution in [0.1, 0.15) is 79.1 Å². The van der Waals surface area contributed by atoms with Gasteiger partial charge >= 0.3 is 0 Å². The van der Waals surface area contributed by atoms with Crippen LogP contribution >= 0.6 is 0 Å². The van der Waals surface area contributed by atoms with E-state index in [4.69, 9.17) is 56.8 Å². The SMILES string of the molecule is C[C@@H]1CC[C@@]2(OC1)O[C@@H]1C[C@H]3[C@@H]4CC=C5C[C@H](O[C@H]6O[C@@H](CO)[C@H](O[C@H]7O[C@@H](CO)[C@H](O)[C@@H](O[C@H]8OC[C@H](O)[C@@H](O)[C@@H]8O)[C@@H]7O[C@H]7O[C@@H](CO)[C@H](O)[C@@H](O[C@H]8O[C@@H](CO)[C@H](O)[C@@H](O)[C@@H]8O)[C@@H]7O)[C@@H](O)[C@@H]6O)[C@@H](O)C[C@@]5(C)[C@H]4CC[C@@]3(C)[C@@H]1[C@H]2C. The molecule has 84 heavy (non-hydrogen) atoms. The second-order valence-corrected chi connectivity index (χ2v) is 26.4. The Morgan fingerprint density at radius 2 is 1.10 bits per heavy atom. The van der Waals surface area contributed by atoms with Gasteiger partial charge in [-0.05, 0) is 85.4 Å². The summed E-state index contributed by atoms with van der Waals surface area (Å²) in [6.07, 6.45) is -38.3. The summed E-state index contributed by atoms with van der Waals surface area (Å²) < 4.78 is 73.0. The summed E-state index contributed by atoms with van der Waals surface area (Å²) in [6.45, 7) is 5.60. The second-order valence-electron chi connectivity index (χ2n) is 26.4. The number of rotatable bonds is 14. The lowest BCUT2D eigenvalue weighted by atomic mass is 9.46. The van der Waals surface area contributed by atoms with Crippen LogP contribution in [0.4, 0.5) is 0 Å². The lowest BCUT2D eigenvalue weighted by Crippen LogP contribution is -2.69. The van der Waals surface area contributed by atoms with E-state index in [1.54, 1.807) is 0 Å². The molecule has 36 atom stereocenters. The molecular formula is C56H90O28. The van der Waals surface area contributed by atoms with E-state index >= 15 is 0 Å². The first-order valence-electron chi connectivity index (χ1n) is 30.0. The first-order chi connectivity index (χ1) is 39.9. The number of hydrogen-bond acceptors (Lipinski definition) is 28. The van der Waals surface area contributed by atoms with Crippen molar-refractivity contribution < 1.29 is 139 Å². The van der Waals surface area contributed by atoms with Crippen molar-refractivity contribution in [1.82, 2.24) is 0 Å². The van der Waals surface area contributed by atoms with E-state index in [0.29, 0.717) is 36.7 Å². The summed E-state index contributed by atoms with van der Waals surface area (Å²) >= 11 is 0. The zero-order valence-corrected chi connectivity index (χ0v) is 47.6. The maximum absolute atomic E-state index is 12.0. The van der Waals surface area contributed by atoms with Gasteiger partial charge < -0.3 is 139 Å². The normalized spacial score (nSPS) is 56.8. The number of fused-ring (bicyclic) bond motifs is 7. The molecule has 1 spiro atoms. The van der Waals surface area contributed by atoms with E-state index in [-0.39, 0.29) is 35.2 Å². The molecule has 0 amide bonds. The van der Waals surface area contributed by atoms with Crippen LogP contribution in [-0.2, 0) is 56.8 Å². The summed E-state index contributed by atoms with van der Waals surface area (Å²) in [6, 6.07) is 0. The molecule has 3 saturated carbocycles. The van der Waals surface area contributed by atoms with E-state index in [1.807, 2.05) is 0 Å². The fraction of sp³-hybridized carbons (Fsp3) is 0.964. The Morgan fingerprint density at radius 1 is 0.524 bits per heavy atom. The molecule has 10 fully saturated rings. The molecule has 0 bridgehead atoms. The van der Waals surface area contributed by atoms with Gasteiger partial charge in [-0.1, -0.05) is 39.3 Å². The third-order valence-corrected chi connectivity index (χ3v) is 21.6. The predicted molar refractivity (Wildman–Crippen MR) is 276 cm³/mol. The fourth-order valence-corrected chi connectivity index (χ4v) is 16.8. The van der Waals surface area contributed by atoms with Crippen molar-refractivity contribution in [1.29, 1.82) is 0 Å². The number of hydrogen-bond donors (Lipinski definition) is 16. The van der Waals surface area contributed by atoms with Gasteiger partial charge in [0, 0.05) is 12.3 Å². The molecule has 0 radical (unpaired) electrons. The van der Waals surface area contributed by atoms with Gasteiger partial charge in [0.1, 0.15) is 116 Å². The third-order valence-electron chi connectivity index (χ3n) is 21.6. The second kappa shape index (κ2) is 25.0. The number of aliphatic hydroxyl groups is 16. The molecule has 11 aliphatic rings. The summed E-state index contributed by atoms with van der Waals surface area (Å²) in [5, 5.41) is 176. The number of aliphatic hydroxyl groups excluding tert-OH is 16. The van der Waals surface area contributed by atoms with Crippen LogP contribution in [0.2, 0.25) is 0 Å². The number of allylic oxidation sites excluding steroid dienone is 1. The zero-order chi connectivity index (χ0) is 60.2. The fourth-order valence-electron chi connectivity index (χ4n) is 16.8. The smallest absolute Gasteiger partial charge is 0.187 e. The molecule has 0 aromatic rings. The molecule has 28 nitrogen and oxygen atoms in total. The molecule has 4 aliphatic carbocycles. The number of ether oxygens (including phenoxy) is 12. The average Bonchev–Trinajstić information content (AvgIpc) is 1.56. The Morgan fingerprint density at radius 3 is 1.76 bits per heavy atom. The minimum atomic E-state index is -2.20. The lowest BCUT2D eigenvalue weighted by molar-refractivity contribution is -0.409. The zero-order valence-electron chi connectivity index (χ0n) is 47.6. The van der Waals surface area contributed by atoms with Gasteiger partial charge in [-0.2, -0.15) is 0 Å². The van der Waals surface area contributed by atoms with Crippen LogP contribution in [-0.4, -0.2) is 293 Å². The van der Waals surface area contributed by atoms with E-state index in [0.717, 1.165) is 44.1 Å². The van der Waals surface area contributed by atoms with Gasteiger partial charge in [0.25, 0.3) is 0 Å². The Balaban J connectivity index is 0.803. The minimum absolute atomic E-state index is 0.0714. The van der Waals surface area contributed by atoms with Crippen molar-refractivity contribution in [2.24, 2.45) is 46.3 Å². The molecule has 0 aromatic heterocycles. The maximum atomic E-state index is 12.0. The predicted octanol–water partition coefficient (Wildman–Crippen LogP) is -5.56. The van der Waals surface area contributed by atoms with Gasteiger partial charge in [-0.15, -0.1) is 0 Å². The van der Waals surface area contributed by atoms with Crippen LogP contribution in [0.5, 0.6) is 0 Å². The van der Waals surface area contributed by atoms with Crippen molar-refractivity contribution >= 4 is 0 Å². The third kappa shape index (κ3) is 11.1. The van der Waals surface area contributed by atoms with Crippen LogP contribution < -0.4 is 0 Å². The Kier molecular flexibility index (Phi) is 19.1. The monoisotopic (exact) mass is 1210 g/mol. The summed E-state index contributed by atoms with van der Waals surface area (Å²) in [5.41, 5.74) is 0.823. The van der Waals surface area contributed by atoms with Crippen molar-refractivity contribution in [3.05, 3.63) is 11.6 Å². The molecular weight excluding hydrogens is 1120 g/mol. The Bertz CT molecular complexity index is 2240. The highest BCUT2D eigenvalue weighted by Gasteiger charge is 2.69. The van der Waals surface area contributed by atoms with Gasteiger partial charge in [0.15, 0.2) is 37.2 Å². The molecule has 7 aliphatic heterocycles. The van der Waals surface area contributed by atoms with Gasteiger partial charge in [-0.3, -0.25) is 0 Å². The lowest BCUT2D eigenvalue weighted by Gasteiger charge is -2.59. The van der Waals surface area contributed by atoms with Crippen molar-refractivity contribution in [3.8, 4) is 0 Å². The molecule has 7 heterocycles. The van der Waals surface area contributed by atoms with E-state index < -0.39 is 198 Å². The summed E-state index contributed by atoms with van der Waals surface area (Å²) in [4.78, 5) is 0. The van der Waals surface area contributed by atoms with E-state index in [1.165, 1.54) is 0 Å². The van der Waals surface area contributed by atoms with Crippen LogP contribution in [0.3, 0.4) is 0 Å². The quantitative estimate of drug-likeness (QED) is 0.0721. The average molecular weight is 1210 g/mol. The van der Waals surface area contributed by atoms with Crippen LogP contribution in [0.15, 0.2) is 11.6 Å². The largest absolute Gasteiger partial charge is 0.394 e. The van der Waals surface area contributed by atoms with Gasteiger partial charge in [0.2, 0.25) is 0 Å².